The van der Waals surface area contributed by atoms with E-state index >= 15 is 0 Å². The van der Waals surface area contributed by atoms with Crippen molar-refractivity contribution in [2.24, 2.45) is 0 Å². The minimum Gasteiger partial charge on any atom is -0.267 e. The highest BCUT2D eigenvalue weighted by Crippen LogP contribution is 2.31. The van der Waals surface area contributed by atoms with Crippen LogP contribution in [-0.4, -0.2) is 21.1 Å². The summed E-state index contributed by atoms with van der Waals surface area (Å²) in [7, 11) is 0. The fraction of sp³-hybridized carbons (Fsp3) is 0.0556. The van der Waals surface area contributed by atoms with E-state index in [1.807, 2.05) is 6.92 Å². The van der Waals surface area contributed by atoms with Gasteiger partial charge in [-0.1, -0.05) is 47.7 Å². The van der Waals surface area contributed by atoms with Crippen molar-refractivity contribution in [3.05, 3.63) is 75.9 Å². The van der Waals surface area contributed by atoms with Gasteiger partial charge in [0, 0.05) is 11.1 Å². The number of hydrazine groups is 1. The van der Waals surface area contributed by atoms with E-state index in [-0.39, 0.29) is 14.8 Å². The van der Waals surface area contributed by atoms with Crippen LogP contribution in [0.15, 0.2) is 53.4 Å². The first-order valence-corrected chi connectivity index (χ1v) is 8.58. The van der Waals surface area contributed by atoms with Crippen LogP contribution in [0.2, 0.25) is 0 Å². The molecule has 126 valence electrons. The Hall–Kier alpha value is -2.51. The van der Waals surface area contributed by atoms with E-state index in [1.54, 1.807) is 42.5 Å². The van der Waals surface area contributed by atoms with Crippen LogP contribution in [0, 0.1) is 12.7 Å². The first-order valence-electron chi connectivity index (χ1n) is 7.36. The van der Waals surface area contributed by atoms with Crippen molar-refractivity contribution in [3.63, 3.8) is 0 Å². The van der Waals surface area contributed by atoms with E-state index in [1.165, 1.54) is 12.1 Å². The van der Waals surface area contributed by atoms with Gasteiger partial charge >= 0.3 is 0 Å². The minimum atomic E-state index is -0.487. The molecule has 3 rings (SSSR count). The molecule has 1 fully saturated rings. The third-order valence-corrected chi connectivity index (χ3v) is 4.81. The monoisotopic (exact) mass is 372 g/mol. The van der Waals surface area contributed by atoms with Crippen molar-refractivity contribution in [3.8, 4) is 0 Å². The average Bonchev–Trinajstić information content (AvgIpc) is 2.85. The van der Waals surface area contributed by atoms with E-state index in [9.17, 15) is 14.0 Å². The van der Waals surface area contributed by atoms with Crippen LogP contribution in [0.1, 0.15) is 21.5 Å². The summed E-state index contributed by atoms with van der Waals surface area (Å²) < 4.78 is 13.9. The number of nitrogens with one attached hydrogen (secondary N) is 1. The second-order valence-corrected chi connectivity index (χ2v) is 7.02. The summed E-state index contributed by atoms with van der Waals surface area (Å²) in [5.74, 6) is -1.36. The molecule has 1 heterocycles. The predicted molar refractivity (Wildman–Crippen MR) is 100 cm³/mol. The number of halogens is 1. The molecule has 4 nitrogen and oxygen atoms in total. The van der Waals surface area contributed by atoms with Gasteiger partial charge < -0.3 is 0 Å². The summed E-state index contributed by atoms with van der Waals surface area (Å²) in [6.45, 7) is 1.91. The molecule has 25 heavy (non-hydrogen) atoms. The maximum Gasteiger partial charge on any atom is 0.285 e. The molecule has 1 N–H and O–H groups in total. The second kappa shape index (κ2) is 7.16. The Morgan fingerprint density at radius 3 is 2.56 bits per heavy atom. The minimum absolute atomic E-state index is 0.188. The number of carbonyl (C=O) groups is 2. The van der Waals surface area contributed by atoms with Gasteiger partial charge in [-0.15, -0.1) is 0 Å². The molecule has 2 amide bonds. The lowest BCUT2D eigenvalue weighted by Crippen LogP contribution is -2.44. The lowest BCUT2D eigenvalue weighted by Gasteiger charge is -2.15. The summed E-state index contributed by atoms with van der Waals surface area (Å²) in [5, 5.41) is 1.01. The van der Waals surface area contributed by atoms with Gasteiger partial charge in [-0.25, -0.2) is 4.39 Å². The van der Waals surface area contributed by atoms with Crippen molar-refractivity contribution in [2.75, 3.05) is 0 Å². The molecule has 1 aliphatic rings. The molecule has 0 bridgehead atoms. The average molecular weight is 372 g/mol. The normalized spacial score (nSPS) is 15.8. The first-order chi connectivity index (χ1) is 12.0. The Labute approximate surface area is 153 Å². The van der Waals surface area contributed by atoms with E-state index in [0.29, 0.717) is 5.56 Å². The lowest BCUT2D eigenvalue weighted by molar-refractivity contribution is -0.123. The van der Waals surface area contributed by atoms with Crippen molar-refractivity contribution in [1.29, 1.82) is 0 Å². The van der Waals surface area contributed by atoms with E-state index < -0.39 is 17.6 Å². The number of thioether (sulfide) groups is 1. The number of benzene rings is 2. The van der Waals surface area contributed by atoms with E-state index in [0.717, 1.165) is 22.3 Å². The van der Waals surface area contributed by atoms with Crippen molar-refractivity contribution >= 4 is 46.2 Å². The van der Waals surface area contributed by atoms with Crippen molar-refractivity contribution < 1.29 is 14.0 Å². The molecule has 0 spiro atoms. The molecule has 1 saturated heterocycles. The highest BCUT2D eigenvalue weighted by Gasteiger charge is 2.33. The Kier molecular flexibility index (Phi) is 4.96. The van der Waals surface area contributed by atoms with Crippen LogP contribution in [0.4, 0.5) is 4.39 Å². The smallest absolute Gasteiger partial charge is 0.267 e. The Morgan fingerprint density at radius 1 is 1.20 bits per heavy atom. The van der Waals surface area contributed by atoms with Crippen LogP contribution >= 0.6 is 24.0 Å². The number of aryl methyl sites for hydroxylation is 1. The van der Waals surface area contributed by atoms with Gasteiger partial charge in [0.2, 0.25) is 0 Å². The summed E-state index contributed by atoms with van der Waals surface area (Å²) in [6.07, 6.45) is 1.42. The fourth-order valence-corrected chi connectivity index (χ4v) is 3.34. The number of thiocarbonyl (C=S) groups is 1. The Morgan fingerprint density at radius 2 is 1.88 bits per heavy atom. The van der Waals surface area contributed by atoms with Crippen molar-refractivity contribution in [2.45, 2.75) is 6.92 Å². The topological polar surface area (TPSA) is 49.4 Å². The third-order valence-electron chi connectivity index (χ3n) is 3.51. The second-order valence-electron chi connectivity index (χ2n) is 5.35. The molecule has 0 atom stereocenters. The zero-order valence-corrected chi connectivity index (χ0v) is 14.8. The quantitative estimate of drug-likeness (QED) is 0.660. The molecule has 1 aliphatic heterocycles. The van der Waals surface area contributed by atoms with Crippen LogP contribution < -0.4 is 5.43 Å². The van der Waals surface area contributed by atoms with Crippen LogP contribution in [0.25, 0.3) is 6.08 Å². The number of nitrogens with zero attached hydrogens (tertiary/aromatic N) is 1. The molecule has 2 aromatic rings. The third kappa shape index (κ3) is 3.78. The van der Waals surface area contributed by atoms with Gasteiger partial charge in [0.25, 0.3) is 11.8 Å². The van der Waals surface area contributed by atoms with Crippen LogP contribution in [0.3, 0.4) is 0 Å². The predicted octanol–water partition coefficient (Wildman–Crippen LogP) is 3.68. The molecule has 0 radical (unpaired) electrons. The number of rotatable bonds is 3. The molecular formula is C18H13FN2O2S2. The highest BCUT2D eigenvalue weighted by atomic mass is 32.2. The molecule has 2 aromatic carbocycles. The molecule has 7 heteroatoms. The number of hydrogen-bond donors (Lipinski definition) is 1. The zero-order valence-electron chi connectivity index (χ0n) is 13.2. The maximum atomic E-state index is 13.7. The van der Waals surface area contributed by atoms with Gasteiger partial charge in [-0.2, -0.15) is 5.01 Å². The van der Waals surface area contributed by atoms with Crippen LogP contribution in [-0.2, 0) is 4.79 Å². The molecular weight excluding hydrogens is 359 g/mol. The van der Waals surface area contributed by atoms with Gasteiger partial charge in [0.05, 0.1) is 4.91 Å². The Balaban J connectivity index is 1.79. The van der Waals surface area contributed by atoms with Gasteiger partial charge in [0.1, 0.15) is 5.82 Å². The number of carbonyl (C=O) groups excluding carboxylic acids is 2. The first kappa shape index (κ1) is 17.3. The number of amides is 2. The number of hydrogen-bond acceptors (Lipinski definition) is 4. The maximum absolute atomic E-state index is 13.7. The summed E-state index contributed by atoms with van der Waals surface area (Å²) >= 11 is 6.16. The fourth-order valence-electron chi connectivity index (χ4n) is 2.17. The largest absolute Gasteiger partial charge is 0.285 e. The van der Waals surface area contributed by atoms with E-state index in [4.69, 9.17) is 12.2 Å². The van der Waals surface area contributed by atoms with Gasteiger partial charge in [-0.3, -0.25) is 15.0 Å². The lowest BCUT2D eigenvalue weighted by atomic mass is 10.1. The molecule has 0 saturated carbocycles. The summed E-state index contributed by atoms with van der Waals surface area (Å²) in [4.78, 5) is 25.0. The van der Waals surface area contributed by atoms with Gasteiger partial charge in [0.15, 0.2) is 4.32 Å². The standard InChI is InChI=1S/C18H13FN2O2S2/c1-11-6-8-12(9-7-11)16(22)20-21-17(23)15(25-18(21)24)10-13-4-2-3-5-14(13)19/h2-10H,1H3,(H,20,22)/b15-10+. The van der Waals surface area contributed by atoms with Crippen molar-refractivity contribution in [1.82, 2.24) is 10.4 Å². The summed E-state index contributed by atoms with van der Waals surface area (Å²) in [6, 6.07) is 13.1. The molecule has 0 aliphatic carbocycles. The van der Waals surface area contributed by atoms with Crippen LogP contribution in [0.5, 0.6) is 0 Å². The SMILES string of the molecule is Cc1ccc(C(=O)NN2C(=O)/C(=C\c3ccccc3F)SC2=S)cc1. The molecule has 0 unspecified atom stereocenters. The molecule has 0 aromatic heterocycles. The highest BCUT2D eigenvalue weighted by molar-refractivity contribution is 8.26. The van der Waals surface area contributed by atoms with Gasteiger partial charge in [-0.05, 0) is 43.4 Å². The zero-order chi connectivity index (χ0) is 18.0. The summed E-state index contributed by atoms with van der Waals surface area (Å²) in [5.41, 5.74) is 4.22. The van der Waals surface area contributed by atoms with E-state index in [2.05, 4.69) is 5.43 Å². The Bertz CT molecular complexity index is 894.